The van der Waals surface area contributed by atoms with E-state index in [9.17, 15) is 4.79 Å². The topological polar surface area (TPSA) is 52.1 Å². The van der Waals surface area contributed by atoms with Crippen LogP contribution in [-0.2, 0) is 9.53 Å². The first-order valence-electron chi connectivity index (χ1n) is 8.17. The largest absolute Gasteiger partial charge is 0.465 e. The summed E-state index contributed by atoms with van der Waals surface area (Å²) >= 11 is 3.02. The van der Waals surface area contributed by atoms with Crippen LogP contribution in [0.1, 0.15) is 20.8 Å². The molecule has 1 aromatic carbocycles. The van der Waals surface area contributed by atoms with Crippen LogP contribution in [-0.4, -0.2) is 27.8 Å². The maximum absolute atomic E-state index is 12.2. The lowest BCUT2D eigenvalue weighted by molar-refractivity contribution is -0.143. The van der Waals surface area contributed by atoms with E-state index >= 15 is 0 Å². The van der Waals surface area contributed by atoms with E-state index < -0.39 is 0 Å². The first-order valence-corrected chi connectivity index (χ1v) is 9.93. The van der Waals surface area contributed by atoms with E-state index in [2.05, 4.69) is 27.5 Å². The van der Waals surface area contributed by atoms with Gasteiger partial charge in [0.05, 0.1) is 12.0 Å². The third-order valence-corrected chi connectivity index (χ3v) is 5.56. The normalized spacial score (nSPS) is 12.5. The molecular formula is C19H20N2O2S2. The Morgan fingerprint density at radius 1 is 1.20 bits per heavy atom. The van der Waals surface area contributed by atoms with Crippen LogP contribution in [0.2, 0.25) is 0 Å². The van der Waals surface area contributed by atoms with Gasteiger partial charge in [-0.05, 0) is 18.4 Å². The van der Waals surface area contributed by atoms with Gasteiger partial charge in [0.25, 0.3) is 0 Å². The Kier molecular flexibility index (Phi) is 5.71. The van der Waals surface area contributed by atoms with Crippen molar-refractivity contribution in [3.05, 3.63) is 42.0 Å². The highest BCUT2D eigenvalue weighted by Gasteiger charge is 2.21. The molecule has 0 aliphatic rings. The lowest BCUT2D eigenvalue weighted by atomic mass is 10.1. The first-order chi connectivity index (χ1) is 12.1. The van der Waals surface area contributed by atoms with Gasteiger partial charge in [-0.25, -0.2) is 9.97 Å². The monoisotopic (exact) mass is 372 g/mol. The molecular weight excluding hydrogens is 352 g/mol. The number of thiophene rings is 1. The van der Waals surface area contributed by atoms with Crippen molar-refractivity contribution in [2.75, 3.05) is 6.61 Å². The van der Waals surface area contributed by atoms with Crippen LogP contribution in [0.3, 0.4) is 0 Å². The molecule has 0 aliphatic heterocycles. The van der Waals surface area contributed by atoms with Crippen molar-refractivity contribution < 1.29 is 9.53 Å². The fraction of sp³-hybridized carbons (Fsp3) is 0.316. The van der Waals surface area contributed by atoms with Gasteiger partial charge in [-0.15, -0.1) is 11.3 Å². The van der Waals surface area contributed by atoms with Gasteiger partial charge in [0.15, 0.2) is 0 Å². The Labute approximate surface area is 155 Å². The highest BCUT2D eigenvalue weighted by molar-refractivity contribution is 8.00. The van der Waals surface area contributed by atoms with E-state index in [1.165, 1.54) is 11.8 Å². The molecule has 0 spiro atoms. The summed E-state index contributed by atoms with van der Waals surface area (Å²) in [6, 6.07) is 10.2. The number of benzene rings is 1. The molecule has 0 bridgehead atoms. The summed E-state index contributed by atoms with van der Waals surface area (Å²) in [6.07, 6.45) is 1.56. The average molecular weight is 373 g/mol. The first kappa shape index (κ1) is 17.9. The zero-order chi connectivity index (χ0) is 17.8. The number of nitrogens with zero attached hydrogens (tertiary/aromatic N) is 2. The van der Waals surface area contributed by atoms with E-state index in [4.69, 9.17) is 4.74 Å². The molecule has 3 rings (SSSR count). The summed E-state index contributed by atoms with van der Waals surface area (Å²) in [4.78, 5) is 21.9. The average Bonchev–Trinajstić information content (AvgIpc) is 3.05. The molecule has 0 saturated carbocycles. The zero-order valence-electron chi connectivity index (χ0n) is 14.4. The fourth-order valence-electron chi connectivity index (χ4n) is 2.35. The number of rotatable bonds is 6. The number of hydrogen-bond acceptors (Lipinski definition) is 6. The minimum absolute atomic E-state index is 0.207. The number of aromatic nitrogens is 2. The van der Waals surface area contributed by atoms with E-state index in [1.807, 2.05) is 39.0 Å². The second kappa shape index (κ2) is 7.97. The highest BCUT2D eigenvalue weighted by Crippen LogP contribution is 2.38. The fourth-order valence-corrected chi connectivity index (χ4v) is 4.26. The van der Waals surface area contributed by atoms with Crippen LogP contribution in [0.25, 0.3) is 21.3 Å². The summed E-state index contributed by atoms with van der Waals surface area (Å²) in [5, 5.41) is 3.60. The van der Waals surface area contributed by atoms with Crippen LogP contribution in [0.15, 0.2) is 47.1 Å². The van der Waals surface area contributed by atoms with Crippen LogP contribution in [0.4, 0.5) is 0 Å². The number of thioether (sulfide) groups is 1. The second-order valence-electron chi connectivity index (χ2n) is 6.16. The van der Waals surface area contributed by atoms with Crippen molar-refractivity contribution in [3.63, 3.8) is 0 Å². The molecule has 130 valence electrons. The van der Waals surface area contributed by atoms with E-state index in [-0.39, 0.29) is 11.2 Å². The molecule has 0 aliphatic carbocycles. The zero-order valence-corrected chi connectivity index (χ0v) is 16.1. The van der Waals surface area contributed by atoms with Crippen LogP contribution >= 0.6 is 23.1 Å². The lowest BCUT2D eigenvalue weighted by Gasteiger charge is -2.13. The number of esters is 1. The van der Waals surface area contributed by atoms with Gasteiger partial charge in [-0.3, -0.25) is 4.79 Å². The number of hydrogen-bond donors (Lipinski definition) is 0. The summed E-state index contributed by atoms with van der Waals surface area (Å²) in [7, 11) is 0. The van der Waals surface area contributed by atoms with Crippen molar-refractivity contribution in [2.24, 2.45) is 5.92 Å². The quantitative estimate of drug-likeness (QED) is 0.345. The van der Waals surface area contributed by atoms with Gasteiger partial charge >= 0.3 is 5.97 Å². The third-order valence-electron chi connectivity index (χ3n) is 3.60. The molecule has 4 nitrogen and oxygen atoms in total. The molecule has 0 unspecified atom stereocenters. The minimum Gasteiger partial charge on any atom is -0.465 e. The maximum atomic E-state index is 12.2. The molecule has 6 heteroatoms. The van der Waals surface area contributed by atoms with Crippen molar-refractivity contribution in [1.29, 1.82) is 0 Å². The number of ether oxygens (including phenoxy) is 1. The van der Waals surface area contributed by atoms with Gasteiger partial charge in [-0.1, -0.05) is 55.9 Å². The Morgan fingerprint density at radius 2 is 1.96 bits per heavy atom. The van der Waals surface area contributed by atoms with Crippen molar-refractivity contribution in [3.8, 4) is 11.1 Å². The number of carbonyl (C=O) groups excluding carboxylic acids is 1. The lowest BCUT2D eigenvalue weighted by Crippen LogP contribution is -2.19. The highest BCUT2D eigenvalue weighted by atomic mass is 32.2. The van der Waals surface area contributed by atoms with Gasteiger partial charge in [0.2, 0.25) is 0 Å². The Morgan fingerprint density at radius 3 is 2.68 bits per heavy atom. The van der Waals surface area contributed by atoms with E-state index in [0.717, 1.165) is 26.4 Å². The minimum atomic E-state index is -0.319. The van der Waals surface area contributed by atoms with E-state index in [0.29, 0.717) is 12.5 Å². The molecule has 0 amide bonds. The molecule has 0 fully saturated rings. The molecule has 1 atom stereocenters. The summed E-state index contributed by atoms with van der Waals surface area (Å²) < 4.78 is 5.35. The summed E-state index contributed by atoms with van der Waals surface area (Å²) in [5.74, 6) is 0.121. The summed E-state index contributed by atoms with van der Waals surface area (Å²) in [6.45, 7) is 6.35. The second-order valence-corrected chi connectivity index (χ2v) is 8.35. The molecule has 0 saturated heterocycles. The molecule has 3 aromatic rings. The van der Waals surface area contributed by atoms with Crippen molar-refractivity contribution >= 4 is 39.3 Å². The van der Waals surface area contributed by atoms with Gasteiger partial charge < -0.3 is 4.74 Å². The maximum Gasteiger partial charge on any atom is 0.319 e. The van der Waals surface area contributed by atoms with Gasteiger partial charge in [-0.2, -0.15) is 0 Å². The summed E-state index contributed by atoms with van der Waals surface area (Å²) in [5.41, 5.74) is 2.23. The molecule has 0 radical (unpaired) electrons. The molecule has 25 heavy (non-hydrogen) atoms. The van der Waals surface area contributed by atoms with Crippen LogP contribution in [0.5, 0.6) is 0 Å². The van der Waals surface area contributed by atoms with E-state index in [1.54, 1.807) is 17.7 Å². The van der Waals surface area contributed by atoms with Crippen molar-refractivity contribution in [2.45, 2.75) is 31.0 Å². The van der Waals surface area contributed by atoms with Gasteiger partial charge in [0, 0.05) is 10.9 Å². The van der Waals surface area contributed by atoms with Gasteiger partial charge in [0.1, 0.15) is 21.4 Å². The molecule has 2 heterocycles. The Bertz CT molecular complexity index is 862. The SMILES string of the molecule is CC(C)COC(=O)[C@H](C)Sc1ncnc2scc(-c3ccccc3)c12. The predicted octanol–water partition coefficient (Wildman–Crippen LogP) is 5.04. The molecule has 0 N–H and O–H groups in total. The third kappa shape index (κ3) is 4.19. The smallest absolute Gasteiger partial charge is 0.319 e. The number of fused-ring (bicyclic) bond motifs is 1. The number of carbonyl (C=O) groups is 1. The van der Waals surface area contributed by atoms with Crippen LogP contribution < -0.4 is 0 Å². The standard InChI is InChI=1S/C19H20N2O2S2/c1-12(2)9-23-19(22)13(3)25-18-16-15(14-7-5-4-6-8-14)10-24-17(16)20-11-21-18/h4-8,10-13H,9H2,1-3H3/t13-/m0/s1. The van der Waals surface area contributed by atoms with Crippen molar-refractivity contribution in [1.82, 2.24) is 9.97 Å². The Balaban J connectivity index is 1.89. The Hall–Kier alpha value is -1.92. The predicted molar refractivity (Wildman–Crippen MR) is 104 cm³/mol. The van der Waals surface area contributed by atoms with Crippen LogP contribution in [0, 0.1) is 5.92 Å². The molecule has 2 aromatic heterocycles.